The molecule has 0 N–H and O–H groups in total. The van der Waals surface area contributed by atoms with Crippen LogP contribution < -0.4 is 0 Å². The molecular weight excluding hydrogens is 236 g/mol. The lowest BCUT2D eigenvalue weighted by Crippen LogP contribution is -2.36. The summed E-state index contributed by atoms with van der Waals surface area (Å²) in [5.41, 5.74) is 1.05. The van der Waals surface area contributed by atoms with Gasteiger partial charge in [0.2, 0.25) is 0 Å². The number of halogens is 1. The van der Waals surface area contributed by atoms with Gasteiger partial charge in [0, 0.05) is 37.5 Å². The fraction of sp³-hybridized carbons (Fsp3) is 0.615. The molecule has 1 saturated heterocycles. The Morgan fingerprint density at radius 2 is 2.24 bits per heavy atom. The number of aromatic nitrogens is 1. The summed E-state index contributed by atoms with van der Waals surface area (Å²) in [6, 6.07) is 3.75. The molecule has 0 aromatic carbocycles. The van der Waals surface area contributed by atoms with Gasteiger partial charge < -0.3 is 4.74 Å². The Bertz CT molecular complexity index is 351. The van der Waals surface area contributed by atoms with Gasteiger partial charge in [0.15, 0.2) is 0 Å². The van der Waals surface area contributed by atoms with Gasteiger partial charge in [0.1, 0.15) is 0 Å². The molecule has 1 aliphatic rings. The van der Waals surface area contributed by atoms with Gasteiger partial charge in [-0.05, 0) is 31.9 Å². The quantitative estimate of drug-likeness (QED) is 0.826. The number of hydrogen-bond acceptors (Lipinski definition) is 3. The molecule has 0 aliphatic carbocycles. The second-order valence-electron chi connectivity index (χ2n) is 4.40. The summed E-state index contributed by atoms with van der Waals surface area (Å²) in [6.07, 6.45) is 4.46. The molecule has 2 heterocycles. The van der Waals surface area contributed by atoms with Crippen LogP contribution in [0.3, 0.4) is 0 Å². The largest absolute Gasteiger partial charge is 0.378 e. The van der Waals surface area contributed by atoms with Crippen molar-refractivity contribution >= 4 is 11.6 Å². The molecule has 0 atom stereocenters. The third kappa shape index (κ3) is 3.95. The lowest BCUT2D eigenvalue weighted by atomic mass is 10.1. The number of pyridine rings is 1. The van der Waals surface area contributed by atoms with E-state index in [0.717, 1.165) is 49.8 Å². The van der Waals surface area contributed by atoms with E-state index in [1.54, 1.807) is 6.20 Å². The highest BCUT2D eigenvalue weighted by atomic mass is 35.5. The van der Waals surface area contributed by atoms with Crippen LogP contribution in [-0.2, 0) is 11.3 Å². The van der Waals surface area contributed by atoms with Crippen molar-refractivity contribution in [1.82, 2.24) is 9.88 Å². The smallest absolute Gasteiger partial charge is 0.0599 e. The molecule has 0 amide bonds. The van der Waals surface area contributed by atoms with Crippen molar-refractivity contribution in [3.05, 3.63) is 29.0 Å². The predicted octanol–water partition coefficient (Wildman–Crippen LogP) is 2.74. The molecule has 0 bridgehead atoms. The van der Waals surface area contributed by atoms with Crippen LogP contribution in [0.5, 0.6) is 0 Å². The van der Waals surface area contributed by atoms with Crippen molar-refractivity contribution in [2.75, 3.05) is 19.7 Å². The van der Waals surface area contributed by atoms with Crippen LogP contribution in [0.2, 0.25) is 5.02 Å². The third-order valence-electron chi connectivity index (χ3n) is 3.10. The Labute approximate surface area is 108 Å². The number of rotatable bonds is 4. The fourth-order valence-corrected chi connectivity index (χ4v) is 2.42. The van der Waals surface area contributed by atoms with Gasteiger partial charge in [-0.1, -0.05) is 11.6 Å². The van der Waals surface area contributed by atoms with E-state index in [-0.39, 0.29) is 0 Å². The van der Waals surface area contributed by atoms with E-state index in [2.05, 4.69) is 16.8 Å². The SMILES string of the molecule is CCOC1CCN(Cc2cc(Cl)ccn2)CC1. The minimum absolute atomic E-state index is 0.448. The molecule has 17 heavy (non-hydrogen) atoms. The average molecular weight is 255 g/mol. The first-order chi connectivity index (χ1) is 8.28. The zero-order chi connectivity index (χ0) is 12.1. The highest BCUT2D eigenvalue weighted by Gasteiger charge is 2.19. The highest BCUT2D eigenvalue weighted by molar-refractivity contribution is 6.30. The van der Waals surface area contributed by atoms with Gasteiger partial charge in [0.05, 0.1) is 11.8 Å². The van der Waals surface area contributed by atoms with Crippen LogP contribution in [-0.4, -0.2) is 35.7 Å². The fourth-order valence-electron chi connectivity index (χ4n) is 2.23. The molecule has 94 valence electrons. The summed E-state index contributed by atoms with van der Waals surface area (Å²) < 4.78 is 5.64. The van der Waals surface area contributed by atoms with Crippen molar-refractivity contribution in [3.63, 3.8) is 0 Å². The van der Waals surface area contributed by atoms with Gasteiger partial charge in [-0.25, -0.2) is 0 Å². The molecule has 1 aromatic rings. The first-order valence-electron chi connectivity index (χ1n) is 6.22. The van der Waals surface area contributed by atoms with E-state index < -0.39 is 0 Å². The maximum absolute atomic E-state index is 5.95. The average Bonchev–Trinajstić information content (AvgIpc) is 2.32. The standard InChI is InChI=1S/C13H19ClN2O/c1-2-17-13-4-7-16(8-5-13)10-12-9-11(14)3-6-15-12/h3,6,9,13H,2,4-5,7-8,10H2,1H3. The van der Waals surface area contributed by atoms with Gasteiger partial charge in [-0.3, -0.25) is 9.88 Å². The minimum atomic E-state index is 0.448. The molecular formula is C13H19ClN2O. The number of hydrogen-bond donors (Lipinski definition) is 0. The number of nitrogens with zero attached hydrogens (tertiary/aromatic N) is 2. The zero-order valence-corrected chi connectivity index (χ0v) is 11.0. The Hall–Kier alpha value is -0.640. The van der Waals surface area contributed by atoms with E-state index in [0.29, 0.717) is 6.10 Å². The number of ether oxygens (including phenoxy) is 1. The normalized spacial score (nSPS) is 18.5. The Morgan fingerprint density at radius 3 is 2.88 bits per heavy atom. The van der Waals surface area contributed by atoms with Crippen LogP contribution in [0.25, 0.3) is 0 Å². The van der Waals surface area contributed by atoms with E-state index in [4.69, 9.17) is 16.3 Å². The molecule has 1 fully saturated rings. The van der Waals surface area contributed by atoms with Gasteiger partial charge in [-0.15, -0.1) is 0 Å². The maximum Gasteiger partial charge on any atom is 0.0599 e. The van der Waals surface area contributed by atoms with Crippen LogP contribution in [0.15, 0.2) is 18.3 Å². The maximum atomic E-state index is 5.95. The molecule has 0 saturated carbocycles. The van der Waals surface area contributed by atoms with Crippen LogP contribution >= 0.6 is 11.6 Å². The Morgan fingerprint density at radius 1 is 1.47 bits per heavy atom. The van der Waals surface area contributed by atoms with Crippen molar-refractivity contribution in [2.24, 2.45) is 0 Å². The van der Waals surface area contributed by atoms with E-state index in [1.165, 1.54) is 0 Å². The first-order valence-corrected chi connectivity index (χ1v) is 6.60. The van der Waals surface area contributed by atoms with E-state index in [9.17, 15) is 0 Å². The third-order valence-corrected chi connectivity index (χ3v) is 3.34. The highest BCUT2D eigenvalue weighted by Crippen LogP contribution is 2.16. The second-order valence-corrected chi connectivity index (χ2v) is 4.83. The lowest BCUT2D eigenvalue weighted by molar-refractivity contribution is 0.0123. The summed E-state index contributed by atoms with van der Waals surface area (Å²) in [4.78, 5) is 6.74. The van der Waals surface area contributed by atoms with Crippen molar-refractivity contribution in [2.45, 2.75) is 32.4 Å². The molecule has 1 aliphatic heterocycles. The molecule has 3 nitrogen and oxygen atoms in total. The van der Waals surface area contributed by atoms with Crippen molar-refractivity contribution in [1.29, 1.82) is 0 Å². The van der Waals surface area contributed by atoms with Crippen molar-refractivity contribution in [3.8, 4) is 0 Å². The first kappa shape index (κ1) is 12.8. The predicted molar refractivity (Wildman–Crippen MR) is 69.2 cm³/mol. The van der Waals surface area contributed by atoms with E-state index >= 15 is 0 Å². The zero-order valence-electron chi connectivity index (χ0n) is 10.2. The summed E-state index contributed by atoms with van der Waals surface area (Å²) >= 11 is 5.95. The van der Waals surface area contributed by atoms with Gasteiger partial charge in [-0.2, -0.15) is 0 Å². The molecule has 0 unspecified atom stereocenters. The Balaban J connectivity index is 1.82. The van der Waals surface area contributed by atoms with Gasteiger partial charge >= 0.3 is 0 Å². The second kappa shape index (κ2) is 6.34. The monoisotopic (exact) mass is 254 g/mol. The van der Waals surface area contributed by atoms with Crippen molar-refractivity contribution < 1.29 is 4.74 Å². The topological polar surface area (TPSA) is 25.4 Å². The van der Waals surface area contributed by atoms with Gasteiger partial charge in [0.25, 0.3) is 0 Å². The van der Waals surface area contributed by atoms with Crippen LogP contribution in [0.1, 0.15) is 25.5 Å². The molecule has 2 rings (SSSR count). The van der Waals surface area contributed by atoms with Crippen LogP contribution in [0.4, 0.5) is 0 Å². The summed E-state index contributed by atoms with van der Waals surface area (Å²) in [5, 5.41) is 0.763. The Kier molecular flexibility index (Phi) is 4.77. The van der Waals surface area contributed by atoms with Crippen LogP contribution in [0, 0.1) is 0 Å². The molecule has 0 radical (unpaired) electrons. The summed E-state index contributed by atoms with van der Waals surface area (Å²) in [5.74, 6) is 0. The summed E-state index contributed by atoms with van der Waals surface area (Å²) in [7, 11) is 0. The molecule has 1 aromatic heterocycles. The number of likely N-dealkylation sites (tertiary alicyclic amines) is 1. The minimum Gasteiger partial charge on any atom is -0.378 e. The molecule has 0 spiro atoms. The van der Waals surface area contributed by atoms with E-state index in [1.807, 2.05) is 12.1 Å². The lowest BCUT2D eigenvalue weighted by Gasteiger charge is -2.31. The number of piperidine rings is 1. The summed E-state index contributed by atoms with van der Waals surface area (Å²) in [6.45, 7) is 5.93. The molecule has 4 heteroatoms.